The number of oxazole rings is 1. The fourth-order valence-corrected chi connectivity index (χ4v) is 2.20. The highest BCUT2D eigenvalue weighted by molar-refractivity contribution is 5.78. The second-order valence-electron chi connectivity index (χ2n) is 4.58. The molecule has 6 nitrogen and oxygen atoms in total. The summed E-state index contributed by atoms with van der Waals surface area (Å²) < 4.78 is 6.80. The lowest BCUT2D eigenvalue weighted by molar-refractivity contribution is -0.137. The minimum atomic E-state index is -0.937. The Morgan fingerprint density at radius 3 is 2.71 bits per heavy atom. The number of rotatable bonds is 4. The van der Waals surface area contributed by atoms with Crippen molar-refractivity contribution in [2.45, 2.75) is 13.5 Å². The number of benzene rings is 1. The van der Waals surface area contributed by atoms with Gasteiger partial charge in [-0.1, -0.05) is 30.3 Å². The minimum absolute atomic E-state index is 0.179. The molecule has 0 aliphatic heterocycles. The smallest absolute Gasteiger partial charge is 0.323 e. The first kappa shape index (κ1) is 13.1. The van der Waals surface area contributed by atoms with Crippen molar-refractivity contribution in [3.05, 3.63) is 48.8 Å². The predicted octanol–water partition coefficient (Wildman–Crippen LogP) is 2.60. The second kappa shape index (κ2) is 5.24. The van der Waals surface area contributed by atoms with Gasteiger partial charge in [-0.2, -0.15) is 0 Å². The van der Waals surface area contributed by atoms with Crippen molar-refractivity contribution in [2.24, 2.45) is 0 Å². The van der Waals surface area contributed by atoms with Crippen LogP contribution < -0.4 is 0 Å². The third-order valence-electron chi connectivity index (χ3n) is 3.05. The lowest BCUT2D eigenvalue weighted by Gasteiger charge is -2.05. The Kier molecular flexibility index (Phi) is 3.27. The number of aromatic nitrogens is 3. The summed E-state index contributed by atoms with van der Waals surface area (Å²) in [7, 11) is 0. The molecule has 3 rings (SSSR count). The number of carboxylic acid groups (broad SMARTS) is 1. The zero-order chi connectivity index (χ0) is 14.8. The van der Waals surface area contributed by atoms with Gasteiger partial charge in [0.05, 0.1) is 17.7 Å². The molecule has 106 valence electrons. The number of imidazole rings is 1. The van der Waals surface area contributed by atoms with E-state index >= 15 is 0 Å². The van der Waals surface area contributed by atoms with E-state index in [0.29, 0.717) is 23.0 Å². The molecule has 0 radical (unpaired) electrons. The number of carbonyl (C=O) groups is 1. The van der Waals surface area contributed by atoms with Gasteiger partial charge in [0, 0.05) is 12.5 Å². The Hall–Kier alpha value is -2.89. The first-order valence-electron chi connectivity index (χ1n) is 6.40. The Bertz CT molecular complexity index is 775. The molecule has 0 amide bonds. The maximum atomic E-state index is 11.0. The summed E-state index contributed by atoms with van der Waals surface area (Å²) in [5, 5.41) is 9.03. The number of aliphatic carboxylic acids is 1. The molecule has 0 atom stereocenters. The van der Waals surface area contributed by atoms with Crippen molar-refractivity contribution >= 4 is 5.97 Å². The zero-order valence-electron chi connectivity index (χ0n) is 11.4. The Balaban J connectivity index is 2.17. The van der Waals surface area contributed by atoms with E-state index < -0.39 is 5.97 Å². The van der Waals surface area contributed by atoms with Crippen LogP contribution in [0.25, 0.3) is 22.6 Å². The Labute approximate surface area is 120 Å². The molecule has 0 fully saturated rings. The highest BCUT2D eigenvalue weighted by Crippen LogP contribution is 2.30. The van der Waals surface area contributed by atoms with Gasteiger partial charge in [0.25, 0.3) is 0 Å². The first-order chi connectivity index (χ1) is 10.1. The van der Waals surface area contributed by atoms with Gasteiger partial charge in [-0.3, -0.25) is 4.79 Å². The molecule has 0 saturated heterocycles. The first-order valence-corrected chi connectivity index (χ1v) is 6.40. The van der Waals surface area contributed by atoms with Crippen LogP contribution in [0.1, 0.15) is 5.89 Å². The van der Waals surface area contributed by atoms with Gasteiger partial charge in [-0.05, 0) is 0 Å². The molecule has 1 aromatic carbocycles. The maximum absolute atomic E-state index is 11.0. The molecule has 0 aliphatic carbocycles. The summed E-state index contributed by atoms with van der Waals surface area (Å²) in [5.74, 6) is -0.416. The lowest BCUT2D eigenvalue weighted by atomic mass is 10.1. The van der Waals surface area contributed by atoms with Crippen molar-refractivity contribution in [1.29, 1.82) is 0 Å². The Morgan fingerprint density at radius 2 is 2.10 bits per heavy atom. The van der Waals surface area contributed by atoms with Crippen LogP contribution in [0, 0.1) is 6.92 Å². The van der Waals surface area contributed by atoms with Crippen LogP contribution in [0.5, 0.6) is 0 Å². The van der Waals surface area contributed by atoms with Crippen molar-refractivity contribution in [1.82, 2.24) is 14.5 Å². The van der Waals surface area contributed by atoms with Gasteiger partial charge in [-0.15, -0.1) is 0 Å². The van der Waals surface area contributed by atoms with Crippen LogP contribution in [0.15, 0.2) is 47.3 Å². The number of aryl methyl sites for hydroxylation is 1. The normalized spacial score (nSPS) is 10.7. The molecule has 0 unspecified atom stereocenters. The molecule has 0 spiro atoms. The van der Waals surface area contributed by atoms with E-state index in [9.17, 15) is 4.79 Å². The fourth-order valence-electron chi connectivity index (χ4n) is 2.20. The van der Waals surface area contributed by atoms with E-state index in [1.807, 2.05) is 30.3 Å². The SMILES string of the molecule is Cc1nc(-c2c(-c3ccccc3)ncn2CC(=O)O)co1. The van der Waals surface area contributed by atoms with Gasteiger partial charge >= 0.3 is 5.97 Å². The quantitative estimate of drug-likeness (QED) is 0.796. The summed E-state index contributed by atoms with van der Waals surface area (Å²) in [6, 6.07) is 9.57. The summed E-state index contributed by atoms with van der Waals surface area (Å²) in [5.41, 5.74) is 2.80. The van der Waals surface area contributed by atoms with E-state index in [1.165, 1.54) is 12.6 Å². The minimum Gasteiger partial charge on any atom is -0.480 e. The molecular formula is C15H13N3O3. The fraction of sp³-hybridized carbons (Fsp3) is 0.133. The van der Waals surface area contributed by atoms with E-state index in [0.717, 1.165) is 5.56 Å². The molecule has 6 heteroatoms. The Morgan fingerprint density at radius 1 is 1.33 bits per heavy atom. The van der Waals surface area contributed by atoms with Crippen LogP contribution >= 0.6 is 0 Å². The van der Waals surface area contributed by atoms with Gasteiger partial charge in [0.15, 0.2) is 5.89 Å². The second-order valence-corrected chi connectivity index (χ2v) is 4.58. The van der Waals surface area contributed by atoms with E-state index in [2.05, 4.69) is 9.97 Å². The van der Waals surface area contributed by atoms with Crippen LogP contribution in [-0.4, -0.2) is 25.6 Å². The molecule has 21 heavy (non-hydrogen) atoms. The van der Waals surface area contributed by atoms with Crippen molar-refractivity contribution in [3.63, 3.8) is 0 Å². The van der Waals surface area contributed by atoms with Crippen LogP contribution in [-0.2, 0) is 11.3 Å². The van der Waals surface area contributed by atoms with Crippen LogP contribution in [0.3, 0.4) is 0 Å². The van der Waals surface area contributed by atoms with E-state index in [-0.39, 0.29) is 6.54 Å². The molecule has 3 aromatic rings. The molecule has 0 bridgehead atoms. The zero-order valence-corrected chi connectivity index (χ0v) is 11.4. The average Bonchev–Trinajstić information content (AvgIpc) is 3.05. The van der Waals surface area contributed by atoms with E-state index in [4.69, 9.17) is 9.52 Å². The number of carboxylic acids is 1. The summed E-state index contributed by atoms with van der Waals surface area (Å²) in [6.07, 6.45) is 3.02. The summed E-state index contributed by atoms with van der Waals surface area (Å²) >= 11 is 0. The average molecular weight is 283 g/mol. The third-order valence-corrected chi connectivity index (χ3v) is 3.05. The predicted molar refractivity (Wildman–Crippen MR) is 75.5 cm³/mol. The van der Waals surface area contributed by atoms with Gasteiger partial charge < -0.3 is 14.1 Å². The standard InChI is InChI=1S/C15H13N3O3/c1-10-17-12(8-21-10)15-14(11-5-3-2-4-6-11)16-9-18(15)7-13(19)20/h2-6,8-9H,7H2,1H3,(H,19,20). The van der Waals surface area contributed by atoms with Gasteiger partial charge in [-0.25, -0.2) is 9.97 Å². The number of hydrogen-bond donors (Lipinski definition) is 1. The molecule has 0 saturated carbocycles. The highest BCUT2D eigenvalue weighted by atomic mass is 16.4. The highest BCUT2D eigenvalue weighted by Gasteiger charge is 2.19. The van der Waals surface area contributed by atoms with E-state index in [1.54, 1.807) is 11.5 Å². The molecular weight excluding hydrogens is 270 g/mol. The van der Waals surface area contributed by atoms with Crippen molar-refractivity contribution in [2.75, 3.05) is 0 Å². The van der Waals surface area contributed by atoms with Crippen LogP contribution in [0.4, 0.5) is 0 Å². The summed E-state index contributed by atoms with van der Waals surface area (Å²) in [6.45, 7) is 1.56. The topological polar surface area (TPSA) is 81.2 Å². The third kappa shape index (κ3) is 2.55. The molecule has 2 heterocycles. The van der Waals surface area contributed by atoms with Crippen molar-refractivity contribution in [3.8, 4) is 22.6 Å². The van der Waals surface area contributed by atoms with Crippen LogP contribution in [0.2, 0.25) is 0 Å². The molecule has 2 aromatic heterocycles. The summed E-state index contributed by atoms with van der Waals surface area (Å²) in [4.78, 5) is 19.6. The van der Waals surface area contributed by atoms with Gasteiger partial charge in [0.2, 0.25) is 0 Å². The maximum Gasteiger partial charge on any atom is 0.323 e. The van der Waals surface area contributed by atoms with Gasteiger partial charge in [0.1, 0.15) is 18.5 Å². The number of hydrogen-bond acceptors (Lipinski definition) is 4. The molecule has 1 N–H and O–H groups in total. The molecule has 0 aliphatic rings. The van der Waals surface area contributed by atoms with Crippen molar-refractivity contribution < 1.29 is 14.3 Å². The monoisotopic (exact) mass is 283 g/mol. The number of nitrogens with zero attached hydrogens (tertiary/aromatic N) is 3. The largest absolute Gasteiger partial charge is 0.480 e. The lowest BCUT2D eigenvalue weighted by Crippen LogP contribution is -2.09.